The molecular weight excluding hydrogens is 220 g/mol. The van der Waals surface area contributed by atoms with Crippen LogP contribution in [0.2, 0.25) is 0 Å². The first-order valence-electron chi connectivity index (χ1n) is 6.66. The minimum Gasteiger partial charge on any atom is -0.330 e. The molecule has 2 aromatic rings. The SMILES string of the molecule is CNC(c1cccc2ccccc12)C1(CN)CC1. The Hall–Kier alpha value is -1.38. The van der Waals surface area contributed by atoms with E-state index in [2.05, 4.69) is 47.8 Å². The maximum Gasteiger partial charge on any atom is 0.0393 e. The van der Waals surface area contributed by atoms with Gasteiger partial charge in [0, 0.05) is 11.5 Å². The highest BCUT2D eigenvalue weighted by atomic mass is 14.9. The molecule has 2 nitrogen and oxygen atoms in total. The zero-order valence-corrected chi connectivity index (χ0v) is 10.8. The number of rotatable bonds is 4. The van der Waals surface area contributed by atoms with Crippen LogP contribution in [0.1, 0.15) is 24.4 Å². The Morgan fingerprint density at radius 3 is 2.56 bits per heavy atom. The molecule has 1 aliphatic rings. The van der Waals surface area contributed by atoms with E-state index in [4.69, 9.17) is 5.73 Å². The number of nitrogens with one attached hydrogen (secondary N) is 1. The summed E-state index contributed by atoms with van der Waals surface area (Å²) in [5.74, 6) is 0. The molecule has 1 atom stereocenters. The first kappa shape index (κ1) is 11.7. The van der Waals surface area contributed by atoms with Gasteiger partial charge < -0.3 is 11.1 Å². The summed E-state index contributed by atoms with van der Waals surface area (Å²) >= 11 is 0. The van der Waals surface area contributed by atoms with Crippen molar-refractivity contribution in [3.8, 4) is 0 Å². The highest BCUT2D eigenvalue weighted by Crippen LogP contribution is 2.54. The largest absolute Gasteiger partial charge is 0.330 e. The molecule has 0 radical (unpaired) electrons. The molecule has 3 N–H and O–H groups in total. The molecule has 1 unspecified atom stereocenters. The summed E-state index contributed by atoms with van der Waals surface area (Å²) in [6.45, 7) is 0.766. The number of fused-ring (bicyclic) bond motifs is 1. The second-order valence-electron chi connectivity index (χ2n) is 5.36. The van der Waals surface area contributed by atoms with E-state index < -0.39 is 0 Å². The molecule has 3 rings (SSSR count). The first-order chi connectivity index (χ1) is 8.80. The average Bonchev–Trinajstić information content (AvgIpc) is 3.21. The van der Waals surface area contributed by atoms with Crippen LogP contribution in [0.4, 0.5) is 0 Å². The summed E-state index contributed by atoms with van der Waals surface area (Å²) < 4.78 is 0. The molecule has 0 bridgehead atoms. The maximum atomic E-state index is 5.99. The van der Waals surface area contributed by atoms with E-state index in [0.29, 0.717) is 6.04 Å². The summed E-state index contributed by atoms with van der Waals surface area (Å²) in [6, 6.07) is 15.5. The quantitative estimate of drug-likeness (QED) is 0.862. The molecule has 1 aliphatic carbocycles. The van der Waals surface area contributed by atoms with E-state index in [0.717, 1.165) is 6.54 Å². The highest BCUT2D eigenvalue weighted by molar-refractivity contribution is 5.86. The maximum absolute atomic E-state index is 5.99. The van der Waals surface area contributed by atoms with Gasteiger partial charge in [-0.2, -0.15) is 0 Å². The molecule has 0 aliphatic heterocycles. The molecule has 1 fully saturated rings. The van der Waals surface area contributed by atoms with E-state index in [-0.39, 0.29) is 5.41 Å². The lowest BCUT2D eigenvalue weighted by Crippen LogP contribution is -2.32. The van der Waals surface area contributed by atoms with Crippen molar-refractivity contribution in [2.75, 3.05) is 13.6 Å². The Bertz CT molecular complexity index is 553. The van der Waals surface area contributed by atoms with E-state index in [9.17, 15) is 0 Å². The number of hydrogen-bond acceptors (Lipinski definition) is 2. The lowest BCUT2D eigenvalue weighted by molar-refractivity contribution is 0.369. The first-order valence-corrected chi connectivity index (χ1v) is 6.66. The van der Waals surface area contributed by atoms with Gasteiger partial charge in [0.1, 0.15) is 0 Å². The third-order valence-electron chi connectivity index (χ3n) is 4.33. The lowest BCUT2D eigenvalue weighted by Gasteiger charge is -2.27. The van der Waals surface area contributed by atoms with Crippen LogP contribution in [0.25, 0.3) is 10.8 Å². The topological polar surface area (TPSA) is 38.0 Å². The second-order valence-corrected chi connectivity index (χ2v) is 5.36. The monoisotopic (exact) mass is 240 g/mol. The summed E-state index contributed by atoms with van der Waals surface area (Å²) in [4.78, 5) is 0. The van der Waals surface area contributed by atoms with Gasteiger partial charge in [-0.1, -0.05) is 42.5 Å². The second kappa shape index (κ2) is 4.38. The van der Waals surface area contributed by atoms with Gasteiger partial charge in [0.05, 0.1) is 0 Å². The molecule has 2 aromatic carbocycles. The van der Waals surface area contributed by atoms with Gasteiger partial charge >= 0.3 is 0 Å². The third-order valence-corrected chi connectivity index (χ3v) is 4.33. The Morgan fingerprint density at radius 2 is 1.89 bits per heavy atom. The van der Waals surface area contributed by atoms with Gasteiger partial charge in [0.25, 0.3) is 0 Å². The van der Waals surface area contributed by atoms with Crippen molar-refractivity contribution >= 4 is 10.8 Å². The minimum absolute atomic E-state index is 0.277. The standard InChI is InChI=1S/C16H20N2/c1-18-15(16(11-17)9-10-16)14-8-4-6-12-5-2-3-7-13(12)14/h2-8,15,18H,9-11,17H2,1H3. The fraction of sp³-hybridized carbons (Fsp3) is 0.375. The van der Waals surface area contributed by atoms with E-state index >= 15 is 0 Å². The molecule has 0 amide bonds. The van der Waals surface area contributed by atoms with E-state index in [1.807, 2.05) is 7.05 Å². The predicted octanol–water partition coefficient (Wildman–Crippen LogP) is 2.84. The van der Waals surface area contributed by atoms with Crippen LogP contribution in [-0.2, 0) is 0 Å². The van der Waals surface area contributed by atoms with E-state index in [1.165, 1.54) is 29.2 Å². The van der Waals surface area contributed by atoms with Crippen LogP contribution in [-0.4, -0.2) is 13.6 Å². The summed E-state index contributed by atoms with van der Waals surface area (Å²) in [5, 5.41) is 6.14. The molecule has 1 saturated carbocycles. The molecule has 0 aromatic heterocycles. The molecule has 18 heavy (non-hydrogen) atoms. The fourth-order valence-corrected chi connectivity index (χ4v) is 3.06. The molecule has 0 saturated heterocycles. The Labute approximate surface area is 108 Å². The van der Waals surface area contributed by atoms with Gasteiger partial charge in [-0.25, -0.2) is 0 Å². The Kier molecular flexibility index (Phi) is 2.84. The van der Waals surface area contributed by atoms with Crippen molar-refractivity contribution in [2.45, 2.75) is 18.9 Å². The minimum atomic E-state index is 0.277. The van der Waals surface area contributed by atoms with Crippen molar-refractivity contribution in [1.29, 1.82) is 0 Å². The van der Waals surface area contributed by atoms with Crippen LogP contribution in [0.15, 0.2) is 42.5 Å². The van der Waals surface area contributed by atoms with Crippen molar-refractivity contribution < 1.29 is 0 Å². The predicted molar refractivity (Wildman–Crippen MR) is 76.5 cm³/mol. The molecule has 2 heteroatoms. The molecule has 94 valence electrons. The van der Waals surface area contributed by atoms with Crippen LogP contribution >= 0.6 is 0 Å². The number of hydrogen-bond donors (Lipinski definition) is 2. The van der Waals surface area contributed by atoms with Crippen LogP contribution in [0.3, 0.4) is 0 Å². The molecular formula is C16H20N2. The van der Waals surface area contributed by atoms with Crippen molar-refractivity contribution in [3.05, 3.63) is 48.0 Å². The number of nitrogens with two attached hydrogens (primary N) is 1. The van der Waals surface area contributed by atoms with E-state index in [1.54, 1.807) is 0 Å². The highest BCUT2D eigenvalue weighted by Gasteiger charge is 2.48. The van der Waals surface area contributed by atoms with Crippen molar-refractivity contribution in [3.63, 3.8) is 0 Å². The summed E-state index contributed by atoms with van der Waals surface area (Å²) in [7, 11) is 2.04. The van der Waals surface area contributed by atoms with Gasteiger partial charge in [0.2, 0.25) is 0 Å². The Balaban J connectivity index is 2.13. The van der Waals surface area contributed by atoms with Crippen molar-refractivity contribution in [2.24, 2.45) is 11.1 Å². The normalized spacial score (nSPS) is 18.8. The summed E-state index contributed by atoms with van der Waals surface area (Å²) in [6.07, 6.45) is 2.47. The van der Waals surface area contributed by atoms with Gasteiger partial charge in [-0.3, -0.25) is 0 Å². The van der Waals surface area contributed by atoms with Crippen LogP contribution in [0.5, 0.6) is 0 Å². The lowest BCUT2D eigenvalue weighted by atomic mass is 9.87. The molecule has 0 spiro atoms. The van der Waals surface area contributed by atoms with Gasteiger partial charge in [-0.05, 0) is 42.8 Å². The smallest absolute Gasteiger partial charge is 0.0393 e. The van der Waals surface area contributed by atoms with Gasteiger partial charge in [-0.15, -0.1) is 0 Å². The average molecular weight is 240 g/mol. The zero-order chi connectivity index (χ0) is 12.6. The Morgan fingerprint density at radius 1 is 1.17 bits per heavy atom. The van der Waals surface area contributed by atoms with Gasteiger partial charge in [0.15, 0.2) is 0 Å². The molecule has 0 heterocycles. The van der Waals surface area contributed by atoms with Crippen LogP contribution in [0, 0.1) is 5.41 Å². The van der Waals surface area contributed by atoms with Crippen LogP contribution < -0.4 is 11.1 Å². The fourth-order valence-electron chi connectivity index (χ4n) is 3.06. The number of benzene rings is 2. The third kappa shape index (κ3) is 1.73. The summed E-state index contributed by atoms with van der Waals surface area (Å²) in [5.41, 5.74) is 7.65. The zero-order valence-electron chi connectivity index (χ0n) is 10.8. The van der Waals surface area contributed by atoms with Crippen molar-refractivity contribution in [1.82, 2.24) is 5.32 Å².